The quantitative estimate of drug-likeness (QED) is 0.539. The number of thioether (sulfide) groups is 1. The maximum absolute atomic E-state index is 11.8. The normalized spacial score (nSPS) is 14.0. The lowest BCUT2D eigenvalue weighted by molar-refractivity contribution is -0.141. The maximum Gasteiger partial charge on any atom is 0.327 e. The largest absolute Gasteiger partial charge is 0.480 e. The van der Waals surface area contributed by atoms with Gasteiger partial charge in [0.1, 0.15) is 6.04 Å². The Morgan fingerprint density at radius 1 is 1.28 bits per heavy atom. The fourth-order valence-electron chi connectivity index (χ4n) is 2.12. The molecule has 140 valence electrons. The van der Waals surface area contributed by atoms with Crippen molar-refractivity contribution >= 4 is 36.3 Å². The van der Waals surface area contributed by atoms with Gasteiger partial charge in [0.25, 0.3) is 0 Å². The van der Waals surface area contributed by atoms with Crippen molar-refractivity contribution in [3.63, 3.8) is 0 Å². The lowest BCUT2D eigenvalue weighted by atomic mass is 9.82. The van der Waals surface area contributed by atoms with E-state index in [0.717, 1.165) is 12.0 Å². The Kier molecular flexibility index (Phi) is 8.86. The highest BCUT2D eigenvalue weighted by atomic mass is 32.2. The summed E-state index contributed by atoms with van der Waals surface area (Å²) in [5.74, 6) is -0.130. The Labute approximate surface area is 160 Å². The number of hydrogen-bond donors (Lipinski definition) is 3. The molecule has 0 aliphatic rings. The highest BCUT2D eigenvalue weighted by molar-refractivity contribution is 7.98. The SMILES string of the molecule is CCC(C)(C)c1ccc(CSC[C@H](NC(=O)[C@H](C)CS)C(=O)O)cc1. The summed E-state index contributed by atoms with van der Waals surface area (Å²) in [5, 5.41) is 11.9. The molecule has 0 aliphatic carbocycles. The smallest absolute Gasteiger partial charge is 0.327 e. The molecule has 1 aromatic carbocycles. The van der Waals surface area contributed by atoms with E-state index in [-0.39, 0.29) is 17.2 Å². The van der Waals surface area contributed by atoms with Gasteiger partial charge in [0.15, 0.2) is 0 Å². The molecule has 0 saturated carbocycles. The monoisotopic (exact) mass is 383 g/mol. The summed E-state index contributed by atoms with van der Waals surface area (Å²) in [7, 11) is 0. The lowest BCUT2D eigenvalue weighted by Gasteiger charge is -2.23. The molecule has 0 heterocycles. The van der Waals surface area contributed by atoms with Crippen LogP contribution in [0.2, 0.25) is 0 Å². The van der Waals surface area contributed by atoms with Crippen molar-refractivity contribution in [1.82, 2.24) is 5.32 Å². The number of hydrogen-bond acceptors (Lipinski definition) is 4. The summed E-state index contributed by atoms with van der Waals surface area (Å²) in [4.78, 5) is 23.2. The molecule has 4 nitrogen and oxygen atoms in total. The van der Waals surface area contributed by atoms with Gasteiger partial charge in [-0.1, -0.05) is 52.0 Å². The van der Waals surface area contributed by atoms with Crippen LogP contribution in [0.4, 0.5) is 0 Å². The topological polar surface area (TPSA) is 66.4 Å². The average molecular weight is 384 g/mol. The third kappa shape index (κ3) is 6.94. The highest BCUT2D eigenvalue weighted by Gasteiger charge is 2.22. The minimum Gasteiger partial charge on any atom is -0.480 e. The second-order valence-electron chi connectivity index (χ2n) is 6.93. The Morgan fingerprint density at radius 3 is 2.36 bits per heavy atom. The molecular formula is C19H29NO3S2. The molecule has 0 aromatic heterocycles. The van der Waals surface area contributed by atoms with E-state index in [1.165, 1.54) is 17.3 Å². The first-order chi connectivity index (χ1) is 11.7. The second-order valence-corrected chi connectivity index (χ2v) is 8.33. The summed E-state index contributed by atoms with van der Waals surface area (Å²) in [6.07, 6.45) is 1.08. The zero-order valence-corrected chi connectivity index (χ0v) is 17.1. The number of carbonyl (C=O) groups excluding carboxylic acids is 1. The van der Waals surface area contributed by atoms with Gasteiger partial charge in [-0.25, -0.2) is 4.79 Å². The molecule has 6 heteroatoms. The molecule has 2 N–H and O–H groups in total. The summed E-state index contributed by atoms with van der Waals surface area (Å²) in [6, 6.07) is 7.60. The lowest BCUT2D eigenvalue weighted by Crippen LogP contribution is -2.45. The summed E-state index contributed by atoms with van der Waals surface area (Å²) < 4.78 is 0. The van der Waals surface area contributed by atoms with Crippen LogP contribution in [-0.2, 0) is 20.8 Å². The van der Waals surface area contributed by atoms with E-state index in [0.29, 0.717) is 17.3 Å². The molecule has 0 saturated heterocycles. The molecular weight excluding hydrogens is 354 g/mol. The van der Waals surface area contributed by atoms with Crippen LogP contribution in [0, 0.1) is 5.92 Å². The molecule has 25 heavy (non-hydrogen) atoms. The fraction of sp³-hybridized carbons (Fsp3) is 0.579. The molecule has 0 aliphatic heterocycles. The zero-order valence-electron chi connectivity index (χ0n) is 15.4. The Bertz CT molecular complexity index is 573. The molecule has 0 bridgehead atoms. The van der Waals surface area contributed by atoms with E-state index in [1.807, 2.05) is 0 Å². The van der Waals surface area contributed by atoms with Gasteiger partial charge in [-0.3, -0.25) is 4.79 Å². The molecule has 2 atom stereocenters. The van der Waals surface area contributed by atoms with Crippen molar-refractivity contribution in [2.24, 2.45) is 5.92 Å². The maximum atomic E-state index is 11.8. The fourth-order valence-corrected chi connectivity index (χ4v) is 3.30. The molecule has 0 unspecified atom stereocenters. The zero-order chi connectivity index (χ0) is 19.0. The molecule has 0 fully saturated rings. The van der Waals surface area contributed by atoms with Crippen LogP contribution in [0.3, 0.4) is 0 Å². The van der Waals surface area contributed by atoms with Crippen LogP contribution in [0.1, 0.15) is 45.2 Å². The van der Waals surface area contributed by atoms with Crippen molar-refractivity contribution in [2.75, 3.05) is 11.5 Å². The third-order valence-corrected chi connectivity index (χ3v) is 6.16. The third-order valence-electron chi connectivity index (χ3n) is 4.51. The van der Waals surface area contributed by atoms with Gasteiger partial charge in [0.05, 0.1) is 0 Å². The highest BCUT2D eigenvalue weighted by Crippen LogP contribution is 2.27. The van der Waals surface area contributed by atoms with Crippen molar-refractivity contribution in [3.05, 3.63) is 35.4 Å². The van der Waals surface area contributed by atoms with E-state index in [9.17, 15) is 14.7 Å². The Balaban J connectivity index is 2.56. The van der Waals surface area contributed by atoms with Crippen molar-refractivity contribution in [2.45, 2.75) is 51.3 Å². The summed E-state index contributed by atoms with van der Waals surface area (Å²) in [6.45, 7) is 8.36. The number of carboxylic acids is 1. The number of thiol groups is 1. The summed E-state index contributed by atoms with van der Waals surface area (Å²) >= 11 is 5.58. The van der Waals surface area contributed by atoms with Gasteiger partial charge >= 0.3 is 5.97 Å². The van der Waals surface area contributed by atoms with Crippen molar-refractivity contribution in [3.8, 4) is 0 Å². The standard InChI is InChI=1S/C19H29NO3S2/c1-5-19(3,4)15-8-6-14(7-9-15)11-25-12-16(18(22)23)20-17(21)13(2)10-24/h6-9,13,16,24H,5,10-12H2,1-4H3,(H,20,21)(H,22,23)/t13-,16+/m1/s1. The minimum atomic E-state index is -1.01. The van der Waals surface area contributed by atoms with E-state index < -0.39 is 12.0 Å². The van der Waals surface area contributed by atoms with Crippen LogP contribution in [-0.4, -0.2) is 34.5 Å². The first-order valence-corrected chi connectivity index (χ1v) is 10.3. The van der Waals surface area contributed by atoms with Gasteiger partial charge in [-0.2, -0.15) is 24.4 Å². The average Bonchev–Trinajstić information content (AvgIpc) is 2.60. The number of benzene rings is 1. The molecule has 0 radical (unpaired) electrons. The predicted molar refractivity (Wildman–Crippen MR) is 109 cm³/mol. The minimum absolute atomic E-state index is 0.161. The van der Waals surface area contributed by atoms with Crippen molar-refractivity contribution < 1.29 is 14.7 Å². The molecule has 1 amide bonds. The van der Waals surface area contributed by atoms with Crippen LogP contribution in [0.5, 0.6) is 0 Å². The van der Waals surface area contributed by atoms with Crippen LogP contribution in [0.25, 0.3) is 0 Å². The van der Waals surface area contributed by atoms with Gasteiger partial charge in [0.2, 0.25) is 5.91 Å². The number of carboxylic acid groups (broad SMARTS) is 1. The van der Waals surface area contributed by atoms with E-state index in [4.69, 9.17) is 0 Å². The van der Waals surface area contributed by atoms with Crippen LogP contribution >= 0.6 is 24.4 Å². The number of nitrogens with one attached hydrogen (secondary N) is 1. The van der Waals surface area contributed by atoms with Crippen LogP contribution < -0.4 is 5.32 Å². The predicted octanol–water partition coefficient (Wildman–Crippen LogP) is 3.74. The van der Waals surface area contributed by atoms with E-state index in [1.54, 1.807) is 6.92 Å². The molecule has 0 spiro atoms. The number of carbonyl (C=O) groups is 2. The summed E-state index contributed by atoms with van der Waals surface area (Å²) in [5.41, 5.74) is 2.62. The number of amides is 1. The van der Waals surface area contributed by atoms with Gasteiger partial charge in [-0.05, 0) is 23.0 Å². The van der Waals surface area contributed by atoms with Gasteiger partial charge in [0, 0.05) is 23.2 Å². The Hall–Kier alpha value is -1.14. The Morgan fingerprint density at radius 2 is 1.88 bits per heavy atom. The first kappa shape index (κ1) is 21.9. The molecule has 1 aromatic rings. The number of rotatable bonds is 10. The van der Waals surface area contributed by atoms with E-state index >= 15 is 0 Å². The van der Waals surface area contributed by atoms with Crippen LogP contribution in [0.15, 0.2) is 24.3 Å². The second kappa shape index (κ2) is 10.1. The molecule has 1 rings (SSSR count). The number of aliphatic carboxylic acids is 1. The first-order valence-electron chi connectivity index (χ1n) is 8.52. The van der Waals surface area contributed by atoms with E-state index in [2.05, 4.69) is 63.0 Å². The van der Waals surface area contributed by atoms with Gasteiger partial charge in [-0.15, -0.1) is 0 Å². The van der Waals surface area contributed by atoms with Gasteiger partial charge < -0.3 is 10.4 Å². The van der Waals surface area contributed by atoms with Crippen molar-refractivity contribution in [1.29, 1.82) is 0 Å².